The van der Waals surface area contributed by atoms with Crippen molar-refractivity contribution in [1.82, 2.24) is 14.5 Å². The fourth-order valence-corrected chi connectivity index (χ4v) is 7.77. The first kappa shape index (κ1) is 28.9. The van der Waals surface area contributed by atoms with Gasteiger partial charge in [-0.2, -0.15) is 0 Å². The van der Waals surface area contributed by atoms with E-state index < -0.39 is 0 Å². The first-order valence-electron chi connectivity index (χ1n) is 17.0. The summed E-state index contributed by atoms with van der Waals surface area (Å²) in [5.74, 6) is 0. The first-order valence-corrected chi connectivity index (χ1v) is 17.0. The second-order valence-electron chi connectivity index (χ2n) is 12.9. The number of para-hydroxylation sites is 1. The van der Waals surface area contributed by atoms with E-state index in [-0.39, 0.29) is 0 Å². The fourth-order valence-electron chi connectivity index (χ4n) is 7.77. The molecule has 4 heteroatoms. The van der Waals surface area contributed by atoms with Crippen molar-refractivity contribution in [1.29, 1.82) is 0 Å². The van der Waals surface area contributed by atoms with E-state index in [0.717, 1.165) is 66.3 Å². The van der Waals surface area contributed by atoms with Crippen molar-refractivity contribution in [3.05, 3.63) is 182 Å². The van der Waals surface area contributed by atoms with Gasteiger partial charge in [0.25, 0.3) is 0 Å². The number of hydrogen-bond acceptors (Lipinski definition) is 2. The van der Waals surface area contributed by atoms with E-state index >= 15 is 0 Å². The van der Waals surface area contributed by atoms with Crippen LogP contribution in [0.3, 0.4) is 0 Å². The quantitative estimate of drug-likeness (QED) is 0.141. The molecule has 51 heavy (non-hydrogen) atoms. The lowest BCUT2D eigenvalue weighted by molar-refractivity contribution is 1.18. The molecule has 10 rings (SSSR count). The molecule has 0 unspecified atom stereocenters. The molecule has 0 N–H and O–H groups in total. The zero-order chi connectivity index (χ0) is 33.9. The number of rotatable bonds is 4. The van der Waals surface area contributed by atoms with Crippen LogP contribution in [0.15, 0.2) is 170 Å². The van der Waals surface area contributed by atoms with Crippen molar-refractivity contribution in [2.75, 3.05) is 0 Å². The summed E-state index contributed by atoms with van der Waals surface area (Å²) in [5, 5.41) is 7.99. The van der Waals surface area contributed by atoms with Crippen LogP contribution in [0.1, 0.15) is 0 Å². The van der Waals surface area contributed by atoms with Gasteiger partial charge in [-0.25, -0.2) is 9.83 Å². The predicted molar refractivity (Wildman–Crippen MR) is 211 cm³/mol. The standard InChI is InChI=1S/C47H28N4/c1-48-34-20-25-45-41(28-34)40-27-32(19-24-44(40)51(45)35-21-16-30(17-22-35)33-10-8-26-49-29-33)46-36-11-3-5-13-38(36)47(39-14-6-4-12-37(39)46)43-23-18-31-9-2-7-15-42(31)50-43/h2-29H. The number of benzene rings is 7. The molecule has 0 amide bonds. The van der Waals surface area contributed by atoms with Crippen molar-refractivity contribution >= 4 is 59.9 Å². The van der Waals surface area contributed by atoms with E-state index in [1.54, 1.807) is 6.20 Å². The van der Waals surface area contributed by atoms with Crippen LogP contribution < -0.4 is 0 Å². The van der Waals surface area contributed by atoms with Gasteiger partial charge in [0.2, 0.25) is 0 Å². The lowest BCUT2D eigenvalue weighted by Gasteiger charge is -2.17. The van der Waals surface area contributed by atoms with E-state index in [2.05, 4.69) is 148 Å². The molecule has 0 aliphatic rings. The molecule has 236 valence electrons. The zero-order valence-corrected chi connectivity index (χ0v) is 27.5. The number of hydrogen-bond donors (Lipinski definition) is 0. The highest BCUT2D eigenvalue weighted by Crippen LogP contribution is 2.45. The fraction of sp³-hybridized carbons (Fsp3) is 0. The van der Waals surface area contributed by atoms with Gasteiger partial charge in [0, 0.05) is 34.4 Å². The summed E-state index contributed by atoms with van der Waals surface area (Å²) in [6, 6.07) is 55.5. The summed E-state index contributed by atoms with van der Waals surface area (Å²) in [6.07, 6.45) is 3.69. The largest absolute Gasteiger partial charge is 0.309 e. The van der Waals surface area contributed by atoms with Crippen LogP contribution in [0.2, 0.25) is 0 Å². The molecule has 0 radical (unpaired) electrons. The van der Waals surface area contributed by atoms with Crippen LogP contribution in [-0.4, -0.2) is 14.5 Å². The summed E-state index contributed by atoms with van der Waals surface area (Å²) in [7, 11) is 0. The summed E-state index contributed by atoms with van der Waals surface area (Å²) < 4.78 is 2.31. The molecule has 0 spiro atoms. The molecule has 0 aliphatic carbocycles. The van der Waals surface area contributed by atoms with Crippen LogP contribution in [-0.2, 0) is 0 Å². The van der Waals surface area contributed by atoms with Gasteiger partial charge in [-0.1, -0.05) is 103 Å². The molecule has 3 heterocycles. The van der Waals surface area contributed by atoms with Crippen molar-refractivity contribution in [2.45, 2.75) is 0 Å². The van der Waals surface area contributed by atoms with Gasteiger partial charge < -0.3 is 4.57 Å². The highest BCUT2D eigenvalue weighted by molar-refractivity contribution is 6.22. The molecule has 0 aliphatic heterocycles. The third-order valence-electron chi connectivity index (χ3n) is 10.1. The lowest BCUT2D eigenvalue weighted by atomic mass is 9.87. The number of fused-ring (bicyclic) bond motifs is 6. The minimum atomic E-state index is 0.627. The topological polar surface area (TPSA) is 35.1 Å². The molecule has 0 fully saturated rings. The molecule has 0 bridgehead atoms. The zero-order valence-electron chi connectivity index (χ0n) is 27.5. The Morgan fingerprint density at radius 2 is 1.14 bits per heavy atom. The number of aromatic nitrogens is 3. The van der Waals surface area contributed by atoms with E-state index in [4.69, 9.17) is 11.6 Å². The maximum absolute atomic E-state index is 7.80. The third-order valence-corrected chi connectivity index (χ3v) is 10.1. The summed E-state index contributed by atoms with van der Waals surface area (Å²) in [6.45, 7) is 7.80. The average molecular weight is 649 g/mol. The molecular formula is C47H28N4. The van der Waals surface area contributed by atoms with Crippen molar-refractivity contribution in [3.63, 3.8) is 0 Å². The van der Waals surface area contributed by atoms with Crippen LogP contribution in [0.4, 0.5) is 5.69 Å². The first-order chi connectivity index (χ1) is 25.2. The van der Waals surface area contributed by atoms with Gasteiger partial charge in [-0.3, -0.25) is 4.98 Å². The van der Waals surface area contributed by atoms with E-state index in [9.17, 15) is 0 Å². The van der Waals surface area contributed by atoms with Crippen molar-refractivity contribution in [3.8, 4) is 39.2 Å². The Bertz CT molecular complexity index is 2970. The Balaban J connectivity index is 1.22. The van der Waals surface area contributed by atoms with E-state index in [1.165, 1.54) is 27.1 Å². The Labute approximate surface area is 294 Å². The molecule has 10 aromatic rings. The third kappa shape index (κ3) is 4.60. The monoisotopic (exact) mass is 648 g/mol. The summed E-state index contributed by atoms with van der Waals surface area (Å²) >= 11 is 0. The molecular weight excluding hydrogens is 621 g/mol. The van der Waals surface area contributed by atoms with Gasteiger partial charge in [0.05, 0.1) is 28.8 Å². The maximum atomic E-state index is 7.80. The molecule has 0 saturated carbocycles. The van der Waals surface area contributed by atoms with Gasteiger partial charge >= 0.3 is 0 Å². The minimum Gasteiger partial charge on any atom is -0.309 e. The SMILES string of the molecule is [C-]#[N+]c1ccc2c(c1)c1cc(-c3c4ccccc4c(-c4ccc5ccccc5n4)c4ccccc34)ccc1n2-c1ccc(-c2cccnc2)cc1. The molecule has 0 atom stereocenters. The predicted octanol–water partition coefficient (Wildman–Crippen LogP) is 12.6. The second kappa shape index (κ2) is 11.5. The Morgan fingerprint density at radius 1 is 0.490 bits per heavy atom. The average Bonchev–Trinajstić information content (AvgIpc) is 3.53. The van der Waals surface area contributed by atoms with Gasteiger partial charge in [-0.05, 0) is 104 Å². The highest BCUT2D eigenvalue weighted by Gasteiger charge is 2.20. The number of nitrogens with zero attached hydrogens (tertiary/aromatic N) is 4. The summed E-state index contributed by atoms with van der Waals surface area (Å²) in [5.41, 5.74) is 11.5. The highest BCUT2D eigenvalue weighted by atomic mass is 15.0. The Morgan fingerprint density at radius 3 is 1.84 bits per heavy atom. The van der Waals surface area contributed by atoms with Gasteiger partial charge in [-0.15, -0.1) is 0 Å². The second-order valence-corrected chi connectivity index (χ2v) is 12.9. The van der Waals surface area contributed by atoms with E-state index in [0.29, 0.717) is 5.69 Å². The smallest absolute Gasteiger partial charge is 0.188 e. The van der Waals surface area contributed by atoms with Crippen molar-refractivity contribution < 1.29 is 0 Å². The maximum Gasteiger partial charge on any atom is 0.188 e. The van der Waals surface area contributed by atoms with Gasteiger partial charge in [0.1, 0.15) is 0 Å². The molecule has 7 aromatic carbocycles. The minimum absolute atomic E-state index is 0.627. The molecule has 3 aromatic heterocycles. The van der Waals surface area contributed by atoms with Crippen LogP contribution in [0, 0.1) is 6.57 Å². The van der Waals surface area contributed by atoms with Crippen LogP contribution >= 0.6 is 0 Å². The Hall–Kier alpha value is -7.09. The molecule has 4 nitrogen and oxygen atoms in total. The van der Waals surface area contributed by atoms with Crippen LogP contribution in [0.5, 0.6) is 0 Å². The Kier molecular flexibility index (Phi) is 6.52. The number of pyridine rings is 2. The normalized spacial score (nSPS) is 11.5. The summed E-state index contributed by atoms with van der Waals surface area (Å²) in [4.78, 5) is 13.3. The van der Waals surface area contributed by atoms with E-state index in [1.807, 2.05) is 30.5 Å². The lowest BCUT2D eigenvalue weighted by Crippen LogP contribution is -1.94. The van der Waals surface area contributed by atoms with Crippen molar-refractivity contribution in [2.24, 2.45) is 0 Å². The van der Waals surface area contributed by atoms with Gasteiger partial charge in [0.15, 0.2) is 5.69 Å². The van der Waals surface area contributed by atoms with Crippen LogP contribution in [0.25, 0.3) is 98.3 Å². The molecule has 0 saturated heterocycles.